The number of aryl methyl sites for hydroxylation is 1. The van der Waals surface area contributed by atoms with E-state index in [1.807, 2.05) is 39.0 Å². The second kappa shape index (κ2) is 6.31. The summed E-state index contributed by atoms with van der Waals surface area (Å²) in [6.07, 6.45) is 2.77. The molecule has 21 heavy (non-hydrogen) atoms. The molecule has 1 aromatic heterocycles. The van der Waals surface area contributed by atoms with E-state index in [1.165, 1.54) is 0 Å². The first-order valence-corrected chi connectivity index (χ1v) is 7.29. The van der Waals surface area contributed by atoms with Gasteiger partial charge in [0.15, 0.2) is 0 Å². The summed E-state index contributed by atoms with van der Waals surface area (Å²) in [7, 11) is 0. The van der Waals surface area contributed by atoms with Crippen molar-refractivity contribution in [3.63, 3.8) is 0 Å². The fourth-order valence-electron chi connectivity index (χ4n) is 2.40. The number of aromatic nitrogens is 1. The molecule has 0 aliphatic heterocycles. The molecule has 0 bridgehead atoms. The van der Waals surface area contributed by atoms with E-state index in [-0.39, 0.29) is 12.0 Å². The Kier molecular flexibility index (Phi) is 4.68. The maximum Gasteiger partial charge on any atom is 0.303 e. The normalized spacial score (nSPS) is 12.0. The van der Waals surface area contributed by atoms with E-state index in [1.54, 1.807) is 0 Å². The highest BCUT2D eigenvalue weighted by Crippen LogP contribution is 2.22. The molecule has 4 heteroatoms. The van der Waals surface area contributed by atoms with Crippen molar-refractivity contribution in [2.75, 3.05) is 6.61 Å². The third-order valence-corrected chi connectivity index (χ3v) is 3.35. The summed E-state index contributed by atoms with van der Waals surface area (Å²) in [5.74, 6) is -0.761. The molecule has 0 aliphatic carbocycles. The average molecular weight is 289 g/mol. The average Bonchev–Trinajstić information content (AvgIpc) is 2.74. The van der Waals surface area contributed by atoms with Crippen molar-refractivity contribution in [1.82, 2.24) is 4.57 Å². The standard InChI is InChI=1S/C17H23NO3/c1-17(2,3)21-11-10-18-12-13(8-9-16(19)20)14-6-4-5-7-15(14)18/h4-7,12H,8-11H2,1-3H3,(H,19,20). The van der Waals surface area contributed by atoms with Crippen LogP contribution in [-0.2, 0) is 22.5 Å². The Morgan fingerprint density at radius 1 is 1.29 bits per heavy atom. The molecular formula is C17H23NO3. The summed E-state index contributed by atoms with van der Waals surface area (Å²) in [4.78, 5) is 10.8. The maximum absolute atomic E-state index is 10.8. The van der Waals surface area contributed by atoms with E-state index < -0.39 is 5.97 Å². The van der Waals surface area contributed by atoms with Crippen LogP contribution >= 0.6 is 0 Å². The molecule has 0 unspecified atom stereocenters. The summed E-state index contributed by atoms with van der Waals surface area (Å²) in [6.45, 7) is 7.53. The summed E-state index contributed by atoms with van der Waals surface area (Å²) in [6, 6.07) is 8.11. The van der Waals surface area contributed by atoms with E-state index in [2.05, 4.69) is 16.8 Å². The minimum atomic E-state index is -0.761. The van der Waals surface area contributed by atoms with Crippen LogP contribution in [-0.4, -0.2) is 27.9 Å². The topological polar surface area (TPSA) is 51.5 Å². The van der Waals surface area contributed by atoms with Crippen molar-refractivity contribution in [1.29, 1.82) is 0 Å². The number of carboxylic acid groups (broad SMARTS) is 1. The number of hydrogen-bond donors (Lipinski definition) is 1. The Balaban J connectivity index is 2.17. The molecule has 0 spiro atoms. The molecule has 0 atom stereocenters. The molecule has 1 heterocycles. The molecule has 2 rings (SSSR count). The van der Waals surface area contributed by atoms with Gasteiger partial charge in [0.25, 0.3) is 0 Å². The Morgan fingerprint density at radius 3 is 2.67 bits per heavy atom. The minimum Gasteiger partial charge on any atom is -0.481 e. The molecule has 1 aromatic carbocycles. The van der Waals surface area contributed by atoms with Gasteiger partial charge >= 0.3 is 5.97 Å². The number of para-hydroxylation sites is 1. The largest absolute Gasteiger partial charge is 0.481 e. The van der Waals surface area contributed by atoms with Gasteiger partial charge in [0.2, 0.25) is 0 Å². The van der Waals surface area contributed by atoms with Crippen molar-refractivity contribution < 1.29 is 14.6 Å². The fraction of sp³-hybridized carbons (Fsp3) is 0.471. The van der Waals surface area contributed by atoms with E-state index >= 15 is 0 Å². The molecule has 4 nitrogen and oxygen atoms in total. The third kappa shape index (κ3) is 4.33. The Hall–Kier alpha value is -1.81. The highest BCUT2D eigenvalue weighted by Gasteiger charge is 2.12. The molecule has 114 valence electrons. The highest BCUT2D eigenvalue weighted by molar-refractivity contribution is 5.84. The zero-order valence-corrected chi connectivity index (χ0v) is 12.9. The molecule has 0 aliphatic rings. The van der Waals surface area contributed by atoms with Gasteiger partial charge in [-0.25, -0.2) is 0 Å². The summed E-state index contributed by atoms with van der Waals surface area (Å²) < 4.78 is 7.93. The van der Waals surface area contributed by atoms with Gasteiger partial charge in [-0.15, -0.1) is 0 Å². The van der Waals surface area contributed by atoms with Gasteiger partial charge in [-0.2, -0.15) is 0 Å². The van der Waals surface area contributed by atoms with E-state index in [0.29, 0.717) is 13.0 Å². The second-order valence-electron chi connectivity index (χ2n) is 6.22. The number of rotatable bonds is 6. The number of aliphatic carboxylic acids is 1. The quantitative estimate of drug-likeness (QED) is 0.886. The number of carboxylic acids is 1. The number of ether oxygens (including phenoxy) is 1. The molecule has 0 fully saturated rings. The first kappa shape index (κ1) is 15.6. The maximum atomic E-state index is 10.8. The summed E-state index contributed by atoms with van der Waals surface area (Å²) in [5.41, 5.74) is 2.08. The Morgan fingerprint density at radius 2 is 2.00 bits per heavy atom. The Bertz CT molecular complexity index is 622. The van der Waals surface area contributed by atoms with Gasteiger partial charge in [0.05, 0.1) is 12.2 Å². The van der Waals surface area contributed by atoms with Gasteiger partial charge in [0, 0.05) is 30.1 Å². The van der Waals surface area contributed by atoms with E-state index in [9.17, 15) is 4.79 Å². The molecule has 0 saturated heterocycles. The molecule has 2 aromatic rings. The molecule has 0 saturated carbocycles. The monoisotopic (exact) mass is 289 g/mol. The van der Waals surface area contributed by atoms with Crippen molar-refractivity contribution >= 4 is 16.9 Å². The number of nitrogens with zero attached hydrogens (tertiary/aromatic N) is 1. The van der Waals surface area contributed by atoms with Crippen LogP contribution in [0.2, 0.25) is 0 Å². The fourth-order valence-corrected chi connectivity index (χ4v) is 2.40. The number of benzene rings is 1. The Labute approximate surface area is 125 Å². The van der Waals surface area contributed by atoms with Crippen LogP contribution in [0.15, 0.2) is 30.5 Å². The highest BCUT2D eigenvalue weighted by atomic mass is 16.5. The van der Waals surface area contributed by atoms with E-state index in [0.717, 1.165) is 23.0 Å². The van der Waals surface area contributed by atoms with Crippen molar-refractivity contribution in [3.05, 3.63) is 36.0 Å². The van der Waals surface area contributed by atoms with Crippen LogP contribution in [0.3, 0.4) is 0 Å². The lowest BCUT2D eigenvalue weighted by Crippen LogP contribution is -2.21. The van der Waals surface area contributed by atoms with Crippen LogP contribution in [0.1, 0.15) is 32.8 Å². The lowest BCUT2D eigenvalue weighted by molar-refractivity contribution is -0.136. The van der Waals surface area contributed by atoms with Crippen LogP contribution < -0.4 is 0 Å². The lowest BCUT2D eigenvalue weighted by atomic mass is 10.1. The molecule has 0 amide bonds. The van der Waals surface area contributed by atoms with Gasteiger partial charge in [-0.1, -0.05) is 18.2 Å². The zero-order chi connectivity index (χ0) is 15.5. The first-order chi connectivity index (χ1) is 9.87. The minimum absolute atomic E-state index is 0.144. The third-order valence-electron chi connectivity index (χ3n) is 3.35. The van der Waals surface area contributed by atoms with Gasteiger partial charge < -0.3 is 14.4 Å². The first-order valence-electron chi connectivity index (χ1n) is 7.29. The van der Waals surface area contributed by atoms with Gasteiger partial charge in [0.1, 0.15) is 0 Å². The van der Waals surface area contributed by atoms with Crippen LogP contribution in [0.5, 0.6) is 0 Å². The predicted molar refractivity (Wildman–Crippen MR) is 83.6 cm³/mol. The SMILES string of the molecule is CC(C)(C)OCCn1cc(CCC(=O)O)c2ccccc21. The summed E-state index contributed by atoms with van der Waals surface area (Å²) >= 11 is 0. The molecular weight excluding hydrogens is 266 g/mol. The van der Waals surface area contributed by atoms with Gasteiger partial charge in [-0.05, 0) is 38.8 Å². The van der Waals surface area contributed by atoms with Crippen molar-refractivity contribution in [2.45, 2.75) is 45.8 Å². The summed E-state index contributed by atoms with van der Waals surface area (Å²) in [5, 5.41) is 9.99. The van der Waals surface area contributed by atoms with Crippen LogP contribution in [0.4, 0.5) is 0 Å². The predicted octanol–water partition coefficient (Wildman–Crippen LogP) is 3.47. The van der Waals surface area contributed by atoms with Crippen molar-refractivity contribution in [2.24, 2.45) is 0 Å². The zero-order valence-electron chi connectivity index (χ0n) is 12.9. The number of fused-ring (bicyclic) bond motifs is 1. The second-order valence-corrected chi connectivity index (χ2v) is 6.22. The van der Waals surface area contributed by atoms with Crippen LogP contribution in [0, 0.1) is 0 Å². The molecule has 1 N–H and O–H groups in total. The van der Waals surface area contributed by atoms with E-state index in [4.69, 9.17) is 9.84 Å². The number of hydrogen-bond acceptors (Lipinski definition) is 2. The van der Waals surface area contributed by atoms with Crippen molar-refractivity contribution in [3.8, 4) is 0 Å². The van der Waals surface area contributed by atoms with Gasteiger partial charge in [-0.3, -0.25) is 4.79 Å². The lowest BCUT2D eigenvalue weighted by Gasteiger charge is -2.19. The smallest absolute Gasteiger partial charge is 0.303 e. The number of carbonyl (C=O) groups is 1. The molecule has 0 radical (unpaired) electrons. The van der Waals surface area contributed by atoms with Crippen LogP contribution in [0.25, 0.3) is 10.9 Å².